The van der Waals surface area contributed by atoms with Gasteiger partial charge < -0.3 is 5.11 Å². The molecule has 0 radical (unpaired) electrons. The van der Waals surface area contributed by atoms with Gasteiger partial charge in [0.15, 0.2) is 0 Å². The van der Waals surface area contributed by atoms with Crippen LogP contribution in [0.25, 0.3) is 0 Å². The molecule has 0 saturated heterocycles. The minimum Gasteiger partial charge on any atom is -0.385 e. The molecular formula is C14H19ClO. The van der Waals surface area contributed by atoms with Gasteiger partial charge in [-0.2, -0.15) is 0 Å². The van der Waals surface area contributed by atoms with Gasteiger partial charge in [0, 0.05) is 10.6 Å². The number of hydrogen-bond acceptors (Lipinski definition) is 1. The fraction of sp³-hybridized carbons (Fsp3) is 0.571. The molecule has 0 heterocycles. The van der Waals surface area contributed by atoms with Crippen LogP contribution in [0.1, 0.15) is 45.1 Å². The Morgan fingerprint density at radius 2 is 1.62 bits per heavy atom. The highest BCUT2D eigenvalue weighted by molar-refractivity contribution is 6.31. The minimum atomic E-state index is -0.714. The quantitative estimate of drug-likeness (QED) is 0.780. The van der Waals surface area contributed by atoms with Gasteiger partial charge in [-0.05, 0) is 37.2 Å². The van der Waals surface area contributed by atoms with Crippen molar-refractivity contribution in [1.29, 1.82) is 0 Å². The van der Waals surface area contributed by atoms with E-state index in [9.17, 15) is 5.11 Å². The lowest BCUT2D eigenvalue weighted by Gasteiger charge is -2.40. The van der Waals surface area contributed by atoms with Crippen LogP contribution in [0.15, 0.2) is 24.3 Å². The maximum absolute atomic E-state index is 10.7. The summed E-state index contributed by atoms with van der Waals surface area (Å²) in [5.41, 5.74) is 0.536. The summed E-state index contributed by atoms with van der Waals surface area (Å²) >= 11 is 6.16. The molecule has 88 valence electrons. The first-order valence-corrected chi connectivity index (χ1v) is 6.28. The summed E-state index contributed by atoms with van der Waals surface area (Å²) in [6, 6.07) is 7.65. The maximum atomic E-state index is 10.7. The van der Waals surface area contributed by atoms with E-state index in [1.54, 1.807) is 0 Å². The largest absolute Gasteiger partial charge is 0.385 e. The van der Waals surface area contributed by atoms with E-state index in [4.69, 9.17) is 11.6 Å². The van der Waals surface area contributed by atoms with Crippen molar-refractivity contribution in [1.82, 2.24) is 0 Å². The van der Waals surface area contributed by atoms with E-state index >= 15 is 0 Å². The van der Waals surface area contributed by atoms with Gasteiger partial charge >= 0.3 is 0 Å². The van der Waals surface area contributed by atoms with Crippen molar-refractivity contribution in [3.05, 3.63) is 34.9 Å². The molecule has 1 aromatic rings. The molecule has 0 unspecified atom stereocenters. The van der Waals surface area contributed by atoms with Gasteiger partial charge in [-0.15, -0.1) is 0 Å². The first-order valence-electron chi connectivity index (χ1n) is 5.90. The first kappa shape index (κ1) is 11.9. The molecule has 0 aliphatic heterocycles. The molecule has 0 bridgehead atoms. The Bertz CT molecular complexity index is 374. The van der Waals surface area contributed by atoms with Crippen LogP contribution in [0.4, 0.5) is 0 Å². The topological polar surface area (TPSA) is 20.2 Å². The third-order valence-corrected chi connectivity index (χ3v) is 4.14. The fourth-order valence-corrected chi connectivity index (χ4v) is 2.76. The average Bonchev–Trinajstić information content (AvgIpc) is 2.24. The number of hydrogen-bond donors (Lipinski definition) is 1. The molecule has 1 aliphatic rings. The molecule has 0 amide bonds. The Morgan fingerprint density at radius 1 is 1.06 bits per heavy atom. The normalized spacial score (nSPS) is 23.0. The summed E-state index contributed by atoms with van der Waals surface area (Å²) in [7, 11) is 0. The van der Waals surface area contributed by atoms with Gasteiger partial charge in [0.25, 0.3) is 0 Å². The van der Waals surface area contributed by atoms with Gasteiger partial charge in [0.05, 0.1) is 5.60 Å². The Hall–Kier alpha value is -0.530. The van der Waals surface area contributed by atoms with Crippen molar-refractivity contribution in [3.8, 4) is 0 Å². The van der Waals surface area contributed by atoms with Crippen molar-refractivity contribution in [3.63, 3.8) is 0 Å². The van der Waals surface area contributed by atoms with Crippen molar-refractivity contribution in [2.45, 2.75) is 45.1 Å². The lowest BCUT2D eigenvalue weighted by molar-refractivity contribution is -0.0304. The SMILES string of the molecule is CC1(C)CCC(O)(c2ccccc2Cl)CC1. The van der Waals surface area contributed by atoms with Crippen molar-refractivity contribution in [2.75, 3.05) is 0 Å². The van der Waals surface area contributed by atoms with Gasteiger partial charge in [0.2, 0.25) is 0 Å². The highest BCUT2D eigenvalue weighted by Crippen LogP contribution is 2.46. The van der Waals surface area contributed by atoms with E-state index in [1.165, 1.54) is 0 Å². The Kier molecular flexibility index (Phi) is 3.02. The van der Waals surface area contributed by atoms with Crippen LogP contribution < -0.4 is 0 Å². The van der Waals surface area contributed by atoms with Crippen LogP contribution in [0.5, 0.6) is 0 Å². The van der Waals surface area contributed by atoms with E-state index in [2.05, 4.69) is 13.8 Å². The lowest BCUT2D eigenvalue weighted by atomic mass is 9.69. The smallest absolute Gasteiger partial charge is 0.0911 e. The van der Waals surface area contributed by atoms with Crippen LogP contribution in [0.2, 0.25) is 5.02 Å². The predicted molar refractivity (Wildman–Crippen MR) is 67.6 cm³/mol. The number of benzene rings is 1. The second-order valence-electron chi connectivity index (χ2n) is 5.68. The predicted octanol–water partition coefficient (Wildman–Crippen LogP) is 4.13. The summed E-state index contributed by atoms with van der Waals surface area (Å²) in [6.07, 6.45) is 3.72. The van der Waals surface area contributed by atoms with E-state index in [-0.39, 0.29) is 0 Å². The summed E-state index contributed by atoms with van der Waals surface area (Å²) < 4.78 is 0. The molecule has 0 aromatic heterocycles. The maximum Gasteiger partial charge on any atom is 0.0911 e. The van der Waals surface area contributed by atoms with Crippen molar-refractivity contribution in [2.24, 2.45) is 5.41 Å². The van der Waals surface area contributed by atoms with Crippen LogP contribution in [-0.2, 0) is 5.60 Å². The van der Waals surface area contributed by atoms with Crippen LogP contribution in [0, 0.1) is 5.41 Å². The molecule has 1 aromatic carbocycles. The highest BCUT2D eigenvalue weighted by atomic mass is 35.5. The molecule has 1 N–H and O–H groups in total. The monoisotopic (exact) mass is 238 g/mol. The zero-order valence-corrected chi connectivity index (χ0v) is 10.7. The van der Waals surface area contributed by atoms with Crippen LogP contribution in [-0.4, -0.2) is 5.11 Å². The zero-order valence-electron chi connectivity index (χ0n) is 9.96. The Morgan fingerprint density at radius 3 is 2.19 bits per heavy atom. The molecule has 1 saturated carbocycles. The Labute approximate surface area is 102 Å². The zero-order chi connectivity index (χ0) is 11.8. The van der Waals surface area contributed by atoms with Gasteiger partial charge in [-0.25, -0.2) is 0 Å². The molecule has 2 rings (SSSR count). The second-order valence-corrected chi connectivity index (χ2v) is 6.08. The second kappa shape index (κ2) is 4.05. The summed E-state index contributed by atoms with van der Waals surface area (Å²) in [4.78, 5) is 0. The number of halogens is 1. The molecule has 2 heteroatoms. The molecule has 1 nitrogen and oxygen atoms in total. The van der Waals surface area contributed by atoms with E-state index in [0.29, 0.717) is 10.4 Å². The van der Waals surface area contributed by atoms with E-state index in [1.807, 2.05) is 24.3 Å². The van der Waals surface area contributed by atoms with Gasteiger partial charge in [-0.3, -0.25) is 0 Å². The minimum absolute atomic E-state index is 0.355. The van der Waals surface area contributed by atoms with Crippen LogP contribution >= 0.6 is 11.6 Å². The molecular weight excluding hydrogens is 220 g/mol. The third-order valence-electron chi connectivity index (χ3n) is 3.81. The molecule has 1 aliphatic carbocycles. The van der Waals surface area contributed by atoms with Gasteiger partial charge in [-0.1, -0.05) is 43.6 Å². The van der Waals surface area contributed by atoms with Crippen molar-refractivity contribution >= 4 is 11.6 Å². The standard InChI is InChI=1S/C14H19ClO/c1-13(2)7-9-14(16,10-8-13)11-5-3-4-6-12(11)15/h3-6,16H,7-10H2,1-2H3. The molecule has 0 spiro atoms. The summed E-state index contributed by atoms with van der Waals surface area (Å²) in [5.74, 6) is 0. The number of rotatable bonds is 1. The first-order chi connectivity index (χ1) is 7.43. The summed E-state index contributed by atoms with van der Waals surface area (Å²) in [6.45, 7) is 4.53. The van der Waals surface area contributed by atoms with Gasteiger partial charge in [0.1, 0.15) is 0 Å². The highest BCUT2D eigenvalue weighted by Gasteiger charge is 2.38. The molecule has 16 heavy (non-hydrogen) atoms. The Balaban J connectivity index is 2.25. The van der Waals surface area contributed by atoms with E-state index < -0.39 is 5.60 Å². The number of aliphatic hydroxyl groups is 1. The molecule has 0 atom stereocenters. The van der Waals surface area contributed by atoms with E-state index in [0.717, 1.165) is 31.2 Å². The average molecular weight is 239 g/mol. The molecule has 1 fully saturated rings. The third kappa shape index (κ3) is 2.26. The van der Waals surface area contributed by atoms with Crippen LogP contribution in [0.3, 0.4) is 0 Å². The fourth-order valence-electron chi connectivity index (χ4n) is 2.45. The van der Waals surface area contributed by atoms with Crippen molar-refractivity contribution < 1.29 is 5.11 Å². The lowest BCUT2D eigenvalue weighted by Crippen LogP contribution is -2.34. The summed E-state index contributed by atoms with van der Waals surface area (Å²) in [5, 5.41) is 11.4.